The number of rotatable bonds is 14. The molecule has 1 N–H and O–H groups in total. The third-order valence-corrected chi connectivity index (χ3v) is 6.37. The number of nitrogens with zero attached hydrogens (tertiary/aromatic N) is 1. The van der Waals surface area contributed by atoms with Crippen molar-refractivity contribution in [3.63, 3.8) is 0 Å². The predicted octanol–water partition coefficient (Wildman–Crippen LogP) is 5.19. The average Bonchev–Trinajstić information content (AvgIpc) is 2.94. The quantitative estimate of drug-likeness (QED) is 0.308. The average molecular weight is 503 g/mol. The first kappa shape index (κ1) is 27.8. The van der Waals surface area contributed by atoms with Gasteiger partial charge in [0.05, 0.1) is 14.2 Å². The van der Waals surface area contributed by atoms with Crippen LogP contribution in [0, 0.1) is 0 Å². The van der Waals surface area contributed by atoms with E-state index in [0.717, 1.165) is 29.5 Å². The number of hydrogen-bond acceptors (Lipinski definition) is 4. The van der Waals surface area contributed by atoms with E-state index >= 15 is 0 Å². The topological polar surface area (TPSA) is 67.9 Å². The zero-order valence-electron chi connectivity index (χ0n) is 22.1. The van der Waals surface area contributed by atoms with E-state index in [2.05, 4.69) is 12.2 Å². The summed E-state index contributed by atoms with van der Waals surface area (Å²) in [7, 11) is 3.20. The summed E-state index contributed by atoms with van der Waals surface area (Å²) in [6, 6.07) is 24.8. The van der Waals surface area contributed by atoms with Gasteiger partial charge in [-0.25, -0.2) is 0 Å². The highest BCUT2D eigenvalue weighted by atomic mass is 16.5. The van der Waals surface area contributed by atoms with Crippen LogP contribution in [0.2, 0.25) is 0 Å². The summed E-state index contributed by atoms with van der Waals surface area (Å²) in [6.07, 6.45) is 3.14. The lowest BCUT2D eigenvalue weighted by molar-refractivity contribution is -0.141. The summed E-state index contributed by atoms with van der Waals surface area (Å²) in [5.41, 5.74) is 2.97. The number of amides is 2. The van der Waals surface area contributed by atoms with Crippen LogP contribution in [0.5, 0.6) is 11.5 Å². The van der Waals surface area contributed by atoms with Crippen molar-refractivity contribution in [1.82, 2.24) is 10.2 Å². The fourth-order valence-electron chi connectivity index (χ4n) is 4.27. The lowest BCUT2D eigenvalue weighted by Gasteiger charge is -2.31. The van der Waals surface area contributed by atoms with Crippen LogP contribution in [0.15, 0.2) is 78.9 Å². The minimum Gasteiger partial charge on any atom is -0.493 e. The molecule has 37 heavy (non-hydrogen) atoms. The smallest absolute Gasteiger partial charge is 0.243 e. The largest absolute Gasteiger partial charge is 0.493 e. The summed E-state index contributed by atoms with van der Waals surface area (Å²) < 4.78 is 10.8. The first-order valence-electron chi connectivity index (χ1n) is 12.9. The molecular weight excluding hydrogens is 464 g/mol. The van der Waals surface area contributed by atoms with E-state index in [9.17, 15) is 9.59 Å². The van der Waals surface area contributed by atoms with Crippen molar-refractivity contribution >= 4 is 11.8 Å². The third-order valence-electron chi connectivity index (χ3n) is 6.37. The van der Waals surface area contributed by atoms with Gasteiger partial charge in [-0.1, -0.05) is 80.1 Å². The number of benzene rings is 3. The second-order valence-electron chi connectivity index (χ2n) is 9.05. The second kappa shape index (κ2) is 14.7. The Kier molecular flexibility index (Phi) is 11.0. The van der Waals surface area contributed by atoms with Crippen LogP contribution < -0.4 is 14.8 Å². The highest BCUT2D eigenvalue weighted by molar-refractivity contribution is 5.88. The molecule has 0 spiro atoms. The minimum atomic E-state index is -0.614. The Morgan fingerprint density at radius 2 is 1.49 bits per heavy atom. The molecule has 0 saturated carbocycles. The van der Waals surface area contributed by atoms with E-state index in [1.807, 2.05) is 78.9 Å². The molecule has 0 aliphatic heterocycles. The maximum Gasteiger partial charge on any atom is 0.243 e. The number of nitrogens with one attached hydrogen (secondary N) is 1. The van der Waals surface area contributed by atoms with Crippen LogP contribution in [-0.2, 0) is 29.0 Å². The van der Waals surface area contributed by atoms with Gasteiger partial charge in [0.1, 0.15) is 6.04 Å². The highest BCUT2D eigenvalue weighted by Crippen LogP contribution is 2.28. The maximum atomic E-state index is 13.8. The molecule has 0 aliphatic carbocycles. The van der Waals surface area contributed by atoms with E-state index < -0.39 is 6.04 Å². The van der Waals surface area contributed by atoms with Crippen molar-refractivity contribution in [3.8, 4) is 11.5 Å². The lowest BCUT2D eigenvalue weighted by atomic mass is 10.0. The van der Waals surface area contributed by atoms with E-state index in [0.29, 0.717) is 37.4 Å². The zero-order chi connectivity index (χ0) is 26.5. The van der Waals surface area contributed by atoms with E-state index in [4.69, 9.17) is 9.47 Å². The number of hydrogen-bond donors (Lipinski definition) is 1. The second-order valence-corrected chi connectivity index (χ2v) is 9.05. The van der Waals surface area contributed by atoms with Crippen molar-refractivity contribution in [1.29, 1.82) is 0 Å². The zero-order valence-corrected chi connectivity index (χ0v) is 22.1. The molecule has 6 nitrogen and oxygen atoms in total. The van der Waals surface area contributed by atoms with Gasteiger partial charge in [-0.15, -0.1) is 0 Å². The molecule has 0 heterocycles. The molecule has 196 valence electrons. The molecule has 6 heteroatoms. The number of methoxy groups -OCH3 is 2. The molecular formula is C31H38N2O4. The molecule has 3 rings (SSSR count). The summed E-state index contributed by atoms with van der Waals surface area (Å²) in [4.78, 5) is 28.9. The van der Waals surface area contributed by atoms with Gasteiger partial charge < -0.3 is 19.7 Å². The Hall–Kier alpha value is -3.80. The highest BCUT2D eigenvalue weighted by Gasteiger charge is 2.30. The molecule has 0 radical (unpaired) electrons. The Bertz CT molecular complexity index is 1120. The Morgan fingerprint density at radius 1 is 0.838 bits per heavy atom. The normalized spacial score (nSPS) is 11.4. The standard InChI is InChI=1S/C31H38N2O4/c1-4-5-20-32-31(35)27(21-24-12-8-6-9-13-24)33(23-26-14-10-7-11-15-26)30(34)19-17-25-16-18-28(36-2)29(22-25)37-3/h6-16,18,22,27H,4-5,17,19-21,23H2,1-3H3,(H,32,35). The van der Waals surface area contributed by atoms with Crippen LogP contribution in [0.4, 0.5) is 0 Å². The molecule has 0 aliphatic rings. The van der Waals surface area contributed by atoms with Crippen molar-refractivity contribution in [2.75, 3.05) is 20.8 Å². The van der Waals surface area contributed by atoms with E-state index in [-0.39, 0.29) is 18.2 Å². The van der Waals surface area contributed by atoms with Gasteiger partial charge >= 0.3 is 0 Å². The van der Waals surface area contributed by atoms with Gasteiger partial charge in [-0.05, 0) is 41.7 Å². The molecule has 0 saturated heterocycles. The fourth-order valence-corrected chi connectivity index (χ4v) is 4.27. The maximum absolute atomic E-state index is 13.8. The molecule has 0 bridgehead atoms. The SMILES string of the molecule is CCCCNC(=O)C(Cc1ccccc1)N(Cc1ccccc1)C(=O)CCc1ccc(OC)c(OC)c1. The lowest BCUT2D eigenvalue weighted by Crippen LogP contribution is -2.50. The third kappa shape index (κ3) is 8.38. The van der Waals surface area contributed by atoms with E-state index in [1.54, 1.807) is 19.1 Å². The Balaban J connectivity index is 1.86. The number of carbonyl (C=O) groups is 2. The van der Waals surface area contributed by atoms with E-state index in [1.165, 1.54) is 0 Å². The fraction of sp³-hybridized carbons (Fsp3) is 0.355. The van der Waals surface area contributed by atoms with Crippen molar-refractivity contribution < 1.29 is 19.1 Å². The van der Waals surface area contributed by atoms with Gasteiger partial charge in [0.25, 0.3) is 0 Å². The Labute approximate surface area is 220 Å². The van der Waals surface area contributed by atoms with Crippen molar-refractivity contribution in [2.45, 2.75) is 51.6 Å². The first-order chi connectivity index (χ1) is 18.0. The summed E-state index contributed by atoms with van der Waals surface area (Å²) >= 11 is 0. The molecule has 0 fully saturated rings. The molecule has 2 amide bonds. The number of aryl methyl sites for hydroxylation is 1. The van der Waals surface area contributed by atoms with Gasteiger partial charge in [0.2, 0.25) is 11.8 Å². The first-order valence-corrected chi connectivity index (χ1v) is 12.9. The molecule has 1 unspecified atom stereocenters. The monoisotopic (exact) mass is 502 g/mol. The van der Waals surface area contributed by atoms with Gasteiger partial charge in [0, 0.05) is 25.9 Å². The minimum absolute atomic E-state index is 0.0646. The number of carbonyl (C=O) groups excluding carboxylic acids is 2. The summed E-state index contributed by atoms with van der Waals surface area (Å²) in [6.45, 7) is 3.05. The van der Waals surface area contributed by atoms with Crippen LogP contribution in [-0.4, -0.2) is 43.5 Å². The van der Waals surface area contributed by atoms with Crippen LogP contribution >= 0.6 is 0 Å². The number of unbranched alkanes of at least 4 members (excludes halogenated alkanes) is 1. The summed E-state index contributed by atoms with van der Waals surface area (Å²) in [5, 5.41) is 3.06. The van der Waals surface area contributed by atoms with Crippen molar-refractivity contribution in [3.05, 3.63) is 95.6 Å². The van der Waals surface area contributed by atoms with Gasteiger partial charge in [-0.2, -0.15) is 0 Å². The molecule has 1 atom stereocenters. The molecule has 3 aromatic carbocycles. The van der Waals surface area contributed by atoms with Crippen molar-refractivity contribution in [2.24, 2.45) is 0 Å². The van der Waals surface area contributed by atoms with Gasteiger partial charge in [0.15, 0.2) is 11.5 Å². The molecule has 0 aromatic heterocycles. The summed E-state index contributed by atoms with van der Waals surface area (Å²) in [5.74, 6) is 1.10. The Morgan fingerprint density at radius 3 is 2.11 bits per heavy atom. The predicted molar refractivity (Wildman–Crippen MR) is 147 cm³/mol. The van der Waals surface area contributed by atoms with Crippen LogP contribution in [0.25, 0.3) is 0 Å². The molecule has 3 aromatic rings. The number of ether oxygens (including phenoxy) is 2. The van der Waals surface area contributed by atoms with Crippen LogP contribution in [0.3, 0.4) is 0 Å². The van der Waals surface area contributed by atoms with Crippen LogP contribution in [0.1, 0.15) is 42.9 Å². The van der Waals surface area contributed by atoms with Gasteiger partial charge in [-0.3, -0.25) is 9.59 Å².